The summed E-state index contributed by atoms with van der Waals surface area (Å²) in [6.45, 7) is 1.11. The Bertz CT molecular complexity index is 259. The molecule has 0 aliphatic heterocycles. The number of carbonyl (C=O) groups is 1. The molecule has 3 nitrogen and oxygen atoms in total. The van der Waals surface area contributed by atoms with Crippen LogP contribution in [0.5, 0.6) is 0 Å². The molecule has 0 fully saturated rings. The van der Waals surface area contributed by atoms with Gasteiger partial charge in [0, 0.05) is 11.9 Å². The Balaban J connectivity index is 2.41. The van der Waals surface area contributed by atoms with Gasteiger partial charge in [-0.25, -0.2) is 0 Å². The smallest absolute Gasteiger partial charge is 0.236 e. The van der Waals surface area contributed by atoms with Crippen LogP contribution in [-0.2, 0) is 11.3 Å². The van der Waals surface area contributed by atoms with E-state index in [1.807, 2.05) is 24.6 Å². The molecule has 1 aromatic rings. The number of hydrogen-bond donors (Lipinski definition) is 1. The highest BCUT2D eigenvalue weighted by Gasteiger charge is 2.07. The van der Waals surface area contributed by atoms with Crippen molar-refractivity contribution in [2.24, 2.45) is 0 Å². The summed E-state index contributed by atoms with van der Waals surface area (Å²) in [5, 5.41) is 4.86. The van der Waals surface area contributed by atoms with Crippen molar-refractivity contribution < 1.29 is 4.79 Å². The molecular weight excluding hydrogens is 184 g/mol. The van der Waals surface area contributed by atoms with E-state index in [-0.39, 0.29) is 5.91 Å². The summed E-state index contributed by atoms with van der Waals surface area (Å²) in [6, 6.07) is 4.03. The average Bonchev–Trinajstić information content (AvgIpc) is 2.57. The zero-order valence-electron chi connectivity index (χ0n) is 7.91. The molecule has 0 aromatic carbocycles. The predicted octanol–water partition coefficient (Wildman–Crippen LogP) is 0.926. The van der Waals surface area contributed by atoms with E-state index in [2.05, 4.69) is 5.32 Å². The van der Waals surface area contributed by atoms with Gasteiger partial charge in [0.2, 0.25) is 5.91 Å². The Hall–Kier alpha value is -0.870. The number of carbonyl (C=O) groups excluding carboxylic acids is 1. The van der Waals surface area contributed by atoms with Crippen LogP contribution in [0, 0.1) is 0 Å². The zero-order chi connectivity index (χ0) is 9.68. The summed E-state index contributed by atoms with van der Waals surface area (Å²) >= 11 is 1.67. The Labute approximate surface area is 82.4 Å². The van der Waals surface area contributed by atoms with Gasteiger partial charge in [-0.1, -0.05) is 6.07 Å². The number of amides is 1. The maximum absolute atomic E-state index is 11.3. The van der Waals surface area contributed by atoms with Gasteiger partial charge >= 0.3 is 0 Å². The van der Waals surface area contributed by atoms with Crippen molar-refractivity contribution in [2.75, 3.05) is 20.6 Å². The normalized spacial score (nSPS) is 10.0. The van der Waals surface area contributed by atoms with E-state index in [0.717, 1.165) is 0 Å². The third-order valence-corrected chi connectivity index (χ3v) is 2.59. The van der Waals surface area contributed by atoms with Crippen LogP contribution in [0.1, 0.15) is 4.88 Å². The van der Waals surface area contributed by atoms with Crippen LogP contribution in [0.3, 0.4) is 0 Å². The lowest BCUT2D eigenvalue weighted by atomic mass is 10.4. The molecule has 1 amide bonds. The lowest BCUT2D eigenvalue weighted by molar-refractivity contribution is -0.129. The number of nitrogens with zero attached hydrogens (tertiary/aromatic N) is 1. The zero-order valence-corrected chi connectivity index (χ0v) is 8.73. The Morgan fingerprint density at radius 3 is 3.00 bits per heavy atom. The SMILES string of the molecule is CNCC(=O)N(C)Cc1cccs1. The number of thiophene rings is 1. The third-order valence-electron chi connectivity index (χ3n) is 1.73. The van der Waals surface area contributed by atoms with Crippen molar-refractivity contribution in [1.29, 1.82) is 0 Å². The number of hydrogen-bond acceptors (Lipinski definition) is 3. The van der Waals surface area contributed by atoms with E-state index in [0.29, 0.717) is 13.1 Å². The van der Waals surface area contributed by atoms with Crippen molar-refractivity contribution in [2.45, 2.75) is 6.54 Å². The van der Waals surface area contributed by atoms with E-state index in [9.17, 15) is 4.79 Å². The molecule has 0 spiro atoms. The Morgan fingerprint density at radius 1 is 1.69 bits per heavy atom. The molecule has 0 unspecified atom stereocenters. The van der Waals surface area contributed by atoms with Gasteiger partial charge in [-0.3, -0.25) is 4.79 Å². The number of likely N-dealkylation sites (N-methyl/N-ethyl adjacent to an activating group) is 2. The third kappa shape index (κ3) is 3.16. The van der Waals surface area contributed by atoms with Crippen molar-refractivity contribution in [3.05, 3.63) is 22.4 Å². The minimum atomic E-state index is 0.121. The second-order valence-corrected chi connectivity index (χ2v) is 3.89. The Kier molecular flexibility index (Phi) is 3.92. The largest absolute Gasteiger partial charge is 0.340 e. The topological polar surface area (TPSA) is 32.3 Å². The van der Waals surface area contributed by atoms with Gasteiger partial charge in [0.05, 0.1) is 13.1 Å². The standard InChI is InChI=1S/C9H14N2OS/c1-10-6-9(12)11(2)7-8-4-3-5-13-8/h3-5,10H,6-7H2,1-2H3. The van der Waals surface area contributed by atoms with Gasteiger partial charge in [0.25, 0.3) is 0 Å². The van der Waals surface area contributed by atoms with Gasteiger partial charge in [0.15, 0.2) is 0 Å². The molecule has 0 aliphatic carbocycles. The highest BCUT2D eigenvalue weighted by molar-refractivity contribution is 7.09. The lowest BCUT2D eigenvalue weighted by Gasteiger charge is -2.15. The van der Waals surface area contributed by atoms with Crippen molar-refractivity contribution in [3.63, 3.8) is 0 Å². The van der Waals surface area contributed by atoms with Crippen molar-refractivity contribution in [3.8, 4) is 0 Å². The molecule has 0 aliphatic rings. The molecule has 72 valence electrons. The predicted molar refractivity (Wildman–Crippen MR) is 54.7 cm³/mol. The molecule has 4 heteroatoms. The van der Waals surface area contributed by atoms with E-state index in [4.69, 9.17) is 0 Å². The number of rotatable bonds is 4. The first-order chi connectivity index (χ1) is 6.24. The average molecular weight is 198 g/mol. The molecule has 1 aromatic heterocycles. The molecule has 1 N–H and O–H groups in total. The summed E-state index contributed by atoms with van der Waals surface area (Å²) in [5.74, 6) is 0.121. The fourth-order valence-corrected chi connectivity index (χ4v) is 1.77. The van der Waals surface area contributed by atoms with Gasteiger partial charge < -0.3 is 10.2 Å². The van der Waals surface area contributed by atoms with Crippen LogP contribution in [0.2, 0.25) is 0 Å². The first kappa shape index (κ1) is 10.2. The highest BCUT2D eigenvalue weighted by Crippen LogP contribution is 2.10. The molecule has 13 heavy (non-hydrogen) atoms. The summed E-state index contributed by atoms with van der Waals surface area (Å²) in [6.07, 6.45) is 0. The quantitative estimate of drug-likeness (QED) is 0.780. The van der Waals surface area contributed by atoms with Crippen LogP contribution in [-0.4, -0.2) is 31.4 Å². The van der Waals surface area contributed by atoms with Gasteiger partial charge in [-0.05, 0) is 18.5 Å². The van der Waals surface area contributed by atoms with E-state index in [1.54, 1.807) is 23.3 Å². The fraction of sp³-hybridized carbons (Fsp3) is 0.444. The monoisotopic (exact) mass is 198 g/mol. The van der Waals surface area contributed by atoms with Crippen LogP contribution < -0.4 is 5.32 Å². The molecule has 1 rings (SSSR count). The van der Waals surface area contributed by atoms with Gasteiger partial charge in [0.1, 0.15) is 0 Å². The van der Waals surface area contributed by atoms with Crippen molar-refractivity contribution >= 4 is 17.2 Å². The fourth-order valence-electron chi connectivity index (χ4n) is 1.01. The van der Waals surface area contributed by atoms with E-state index >= 15 is 0 Å². The lowest BCUT2D eigenvalue weighted by Crippen LogP contribution is -2.33. The first-order valence-electron chi connectivity index (χ1n) is 4.15. The molecular formula is C9H14N2OS. The Morgan fingerprint density at radius 2 is 2.46 bits per heavy atom. The molecule has 0 bridgehead atoms. The van der Waals surface area contributed by atoms with Crippen molar-refractivity contribution in [1.82, 2.24) is 10.2 Å². The summed E-state index contributed by atoms with van der Waals surface area (Å²) in [7, 11) is 3.59. The van der Waals surface area contributed by atoms with E-state index < -0.39 is 0 Å². The molecule has 0 atom stereocenters. The van der Waals surface area contributed by atoms with Crippen LogP contribution in [0.15, 0.2) is 17.5 Å². The summed E-state index contributed by atoms with van der Waals surface area (Å²) < 4.78 is 0. The van der Waals surface area contributed by atoms with E-state index in [1.165, 1.54) is 4.88 Å². The molecule has 0 saturated heterocycles. The van der Waals surface area contributed by atoms with Gasteiger partial charge in [-0.2, -0.15) is 0 Å². The minimum absolute atomic E-state index is 0.121. The van der Waals surface area contributed by atoms with Crippen LogP contribution >= 0.6 is 11.3 Å². The molecule has 0 saturated carbocycles. The summed E-state index contributed by atoms with van der Waals surface area (Å²) in [5.41, 5.74) is 0. The van der Waals surface area contributed by atoms with Crippen LogP contribution in [0.4, 0.5) is 0 Å². The molecule has 0 radical (unpaired) electrons. The second kappa shape index (κ2) is 4.99. The number of nitrogens with one attached hydrogen (secondary N) is 1. The minimum Gasteiger partial charge on any atom is -0.340 e. The highest BCUT2D eigenvalue weighted by atomic mass is 32.1. The van der Waals surface area contributed by atoms with Crippen LogP contribution in [0.25, 0.3) is 0 Å². The maximum Gasteiger partial charge on any atom is 0.236 e. The molecule has 1 heterocycles. The maximum atomic E-state index is 11.3. The first-order valence-corrected chi connectivity index (χ1v) is 5.03. The second-order valence-electron chi connectivity index (χ2n) is 2.86. The summed E-state index contributed by atoms with van der Waals surface area (Å²) in [4.78, 5) is 14.3. The van der Waals surface area contributed by atoms with Gasteiger partial charge in [-0.15, -0.1) is 11.3 Å².